The van der Waals surface area contributed by atoms with Crippen molar-refractivity contribution in [2.45, 2.75) is 26.3 Å². The first-order valence-corrected chi connectivity index (χ1v) is 7.15. The summed E-state index contributed by atoms with van der Waals surface area (Å²) in [5.41, 5.74) is 0.809. The number of carbonyl (C=O) groups excluding carboxylic acids is 2. The van der Waals surface area contributed by atoms with Crippen LogP contribution in [0, 0.1) is 5.92 Å². The summed E-state index contributed by atoms with van der Waals surface area (Å²) < 4.78 is 5.11. The first-order chi connectivity index (χ1) is 9.93. The van der Waals surface area contributed by atoms with Gasteiger partial charge in [-0.05, 0) is 38.1 Å². The Bertz CT molecular complexity index is 525. The Labute approximate surface area is 125 Å². The number of hydrogen-bond donors (Lipinski definition) is 0. The molecule has 114 valence electrons. The SMILES string of the molecule is COc1ccc(N2C[C@H](C(=O)N(C)C(C)C)CC2=O)cc1. The maximum Gasteiger partial charge on any atom is 0.227 e. The lowest BCUT2D eigenvalue weighted by molar-refractivity contribution is -0.135. The molecule has 1 aromatic carbocycles. The van der Waals surface area contributed by atoms with Crippen molar-refractivity contribution < 1.29 is 14.3 Å². The van der Waals surface area contributed by atoms with Crippen molar-refractivity contribution in [2.75, 3.05) is 25.6 Å². The molecule has 0 bridgehead atoms. The molecule has 0 unspecified atom stereocenters. The largest absolute Gasteiger partial charge is 0.497 e. The molecule has 1 heterocycles. The molecule has 2 rings (SSSR count). The first kappa shape index (κ1) is 15.4. The maximum absolute atomic E-state index is 12.3. The minimum absolute atomic E-state index is 0.00401. The molecule has 0 saturated carbocycles. The van der Waals surface area contributed by atoms with E-state index < -0.39 is 0 Å². The summed E-state index contributed by atoms with van der Waals surface area (Å²) in [6.07, 6.45) is 0.280. The van der Waals surface area contributed by atoms with Crippen LogP contribution in [0.2, 0.25) is 0 Å². The Hall–Kier alpha value is -2.04. The summed E-state index contributed by atoms with van der Waals surface area (Å²) in [5.74, 6) is 0.523. The van der Waals surface area contributed by atoms with Crippen LogP contribution in [0.3, 0.4) is 0 Å². The standard InChI is InChI=1S/C16H22N2O3/c1-11(2)17(3)16(20)12-9-15(19)18(10-12)13-5-7-14(21-4)8-6-13/h5-8,11-12H,9-10H2,1-4H3/t12-/m1/s1. The average molecular weight is 290 g/mol. The van der Waals surface area contributed by atoms with Gasteiger partial charge in [0.25, 0.3) is 0 Å². The number of hydrogen-bond acceptors (Lipinski definition) is 3. The molecule has 21 heavy (non-hydrogen) atoms. The number of benzene rings is 1. The van der Waals surface area contributed by atoms with Crippen LogP contribution < -0.4 is 9.64 Å². The lowest BCUT2D eigenvalue weighted by Crippen LogP contribution is -2.38. The first-order valence-electron chi connectivity index (χ1n) is 7.15. The molecular weight excluding hydrogens is 268 g/mol. The Balaban J connectivity index is 2.10. The van der Waals surface area contributed by atoms with Gasteiger partial charge >= 0.3 is 0 Å². The van der Waals surface area contributed by atoms with Crippen LogP contribution >= 0.6 is 0 Å². The predicted molar refractivity (Wildman–Crippen MR) is 81.4 cm³/mol. The highest BCUT2D eigenvalue weighted by molar-refractivity contribution is 6.00. The number of ether oxygens (including phenoxy) is 1. The van der Waals surface area contributed by atoms with E-state index in [2.05, 4.69) is 0 Å². The third-order valence-electron chi connectivity index (χ3n) is 3.98. The molecule has 0 aromatic heterocycles. The zero-order valence-electron chi connectivity index (χ0n) is 13.0. The molecule has 1 aliphatic heterocycles. The fourth-order valence-corrected chi connectivity index (χ4v) is 2.43. The van der Waals surface area contributed by atoms with Crippen LogP contribution in [0.4, 0.5) is 5.69 Å². The fourth-order valence-electron chi connectivity index (χ4n) is 2.43. The lowest BCUT2D eigenvalue weighted by Gasteiger charge is -2.24. The van der Waals surface area contributed by atoms with Crippen molar-refractivity contribution in [3.8, 4) is 5.75 Å². The van der Waals surface area contributed by atoms with Crippen LogP contribution in [-0.2, 0) is 9.59 Å². The predicted octanol–water partition coefficient (Wildman–Crippen LogP) is 1.91. The minimum Gasteiger partial charge on any atom is -0.497 e. The molecule has 5 nitrogen and oxygen atoms in total. The van der Waals surface area contributed by atoms with E-state index in [0.29, 0.717) is 6.54 Å². The van der Waals surface area contributed by atoms with Gasteiger partial charge < -0.3 is 14.5 Å². The van der Waals surface area contributed by atoms with Crippen molar-refractivity contribution in [3.63, 3.8) is 0 Å². The second kappa shape index (κ2) is 6.16. The molecule has 1 saturated heterocycles. The van der Waals surface area contributed by atoms with Crippen molar-refractivity contribution in [3.05, 3.63) is 24.3 Å². The van der Waals surface area contributed by atoms with E-state index >= 15 is 0 Å². The van der Waals surface area contributed by atoms with Gasteiger partial charge in [-0.1, -0.05) is 0 Å². The van der Waals surface area contributed by atoms with Gasteiger partial charge in [-0.2, -0.15) is 0 Å². The van der Waals surface area contributed by atoms with Gasteiger partial charge in [0.2, 0.25) is 11.8 Å². The van der Waals surface area contributed by atoms with Gasteiger partial charge in [0.1, 0.15) is 5.75 Å². The van der Waals surface area contributed by atoms with Gasteiger partial charge in [-0.15, -0.1) is 0 Å². The van der Waals surface area contributed by atoms with Crippen LogP contribution in [0.15, 0.2) is 24.3 Å². The molecule has 5 heteroatoms. The molecule has 2 amide bonds. The molecule has 0 spiro atoms. The highest BCUT2D eigenvalue weighted by Crippen LogP contribution is 2.27. The normalized spacial score (nSPS) is 18.2. The minimum atomic E-state index is -0.257. The van der Waals surface area contributed by atoms with E-state index in [0.717, 1.165) is 11.4 Å². The summed E-state index contributed by atoms with van der Waals surface area (Å²) in [7, 11) is 3.39. The van der Waals surface area contributed by atoms with Gasteiger partial charge in [0.15, 0.2) is 0 Å². The van der Waals surface area contributed by atoms with E-state index in [1.165, 1.54) is 0 Å². The number of nitrogens with zero attached hydrogens (tertiary/aromatic N) is 2. The molecule has 1 fully saturated rings. The Kier molecular flexibility index (Phi) is 4.50. The molecule has 1 atom stereocenters. The van der Waals surface area contributed by atoms with Gasteiger partial charge in [0.05, 0.1) is 13.0 Å². The maximum atomic E-state index is 12.3. The van der Waals surface area contributed by atoms with E-state index in [9.17, 15) is 9.59 Å². The van der Waals surface area contributed by atoms with Crippen molar-refractivity contribution in [1.29, 1.82) is 0 Å². The van der Waals surface area contributed by atoms with Gasteiger partial charge in [0, 0.05) is 31.7 Å². The highest BCUT2D eigenvalue weighted by atomic mass is 16.5. The van der Waals surface area contributed by atoms with Crippen molar-refractivity contribution in [2.24, 2.45) is 5.92 Å². The zero-order chi connectivity index (χ0) is 15.6. The van der Waals surface area contributed by atoms with Crippen molar-refractivity contribution >= 4 is 17.5 Å². The van der Waals surface area contributed by atoms with Gasteiger partial charge in [-0.3, -0.25) is 9.59 Å². The molecule has 1 aliphatic rings. The summed E-state index contributed by atoms with van der Waals surface area (Å²) >= 11 is 0. The fraction of sp³-hybridized carbons (Fsp3) is 0.500. The second-order valence-corrected chi connectivity index (χ2v) is 5.65. The van der Waals surface area contributed by atoms with Gasteiger partial charge in [-0.25, -0.2) is 0 Å². The van der Waals surface area contributed by atoms with E-state index in [1.807, 2.05) is 38.1 Å². The lowest BCUT2D eigenvalue weighted by atomic mass is 10.1. The molecule has 0 N–H and O–H groups in total. The van der Waals surface area contributed by atoms with Crippen LogP contribution in [0.5, 0.6) is 5.75 Å². The van der Waals surface area contributed by atoms with Crippen molar-refractivity contribution in [1.82, 2.24) is 4.90 Å². The monoisotopic (exact) mass is 290 g/mol. The number of anilines is 1. The number of amides is 2. The Morgan fingerprint density at radius 1 is 1.33 bits per heavy atom. The molecule has 1 aromatic rings. The third-order valence-corrected chi connectivity index (χ3v) is 3.98. The van der Waals surface area contributed by atoms with Crippen LogP contribution in [0.1, 0.15) is 20.3 Å². The number of carbonyl (C=O) groups is 2. The van der Waals surface area contributed by atoms with E-state index in [-0.39, 0.29) is 30.2 Å². The average Bonchev–Trinajstić information content (AvgIpc) is 2.87. The summed E-state index contributed by atoms with van der Waals surface area (Å²) in [5, 5.41) is 0. The van der Waals surface area contributed by atoms with E-state index in [4.69, 9.17) is 4.74 Å². The highest BCUT2D eigenvalue weighted by Gasteiger charge is 2.36. The summed E-state index contributed by atoms with van der Waals surface area (Å²) in [4.78, 5) is 27.9. The topological polar surface area (TPSA) is 49.9 Å². The number of methoxy groups -OCH3 is 1. The second-order valence-electron chi connectivity index (χ2n) is 5.65. The summed E-state index contributed by atoms with van der Waals surface area (Å²) in [6, 6.07) is 7.46. The molecule has 0 radical (unpaired) electrons. The number of rotatable bonds is 4. The van der Waals surface area contributed by atoms with Crippen LogP contribution in [-0.4, -0.2) is 43.5 Å². The quantitative estimate of drug-likeness (QED) is 0.851. The summed E-state index contributed by atoms with van der Waals surface area (Å²) in [6.45, 7) is 4.38. The Morgan fingerprint density at radius 2 is 1.95 bits per heavy atom. The van der Waals surface area contributed by atoms with Crippen LogP contribution in [0.25, 0.3) is 0 Å². The molecule has 0 aliphatic carbocycles. The zero-order valence-corrected chi connectivity index (χ0v) is 13.0. The Morgan fingerprint density at radius 3 is 2.48 bits per heavy atom. The van der Waals surface area contributed by atoms with E-state index in [1.54, 1.807) is 24.0 Å². The molecular formula is C16H22N2O3. The third kappa shape index (κ3) is 3.17. The smallest absolute Gasteiger partial charge is 0.227 e.